The number of aryl methyl sites for hydroxylation is 1. The van der Waals surface area contributed by atoms with Gasteiger partial charge in [-0.15, -0.1) is 0 Å². The maximum atomic E-state index is 12.7. The zero-order chi connectivity index (χ0) is 20.2. The van der Waals surface area contributed by atoms with Gasteiger partial charge in [-0.1, -0.05) is 42.0 Å². The van der Waals surface area contributed by atoms with Crippen molar-refractivity contribution in [2.75, 3.05) is 0 Å². The van der Waals surface area contributed by atoms with Gasteiger partial charge in [-0.25, -0.2) is 9.78 Å². The van der Waals surface area contributed by atoms with E-state index in [2.05, 4.69) is 46.8 Å². The van der Waals surface area contributed by atoms with E-state index in [9.17, 15) is 9.90 Å². The number of hydrogen-bond acceptors (Lipinski definition) is 3. The summed E-state index contributed by atoms with van der Waals surface area (Å²) in [4.78, 5) is 20.8. The van der Waals surface area contributed by atoms with Crippen LogP contribution < -0.4 is 10.6 Å². The highest BCUT2D eigenvalue weighted by Crippen LogP contribution is 2.21. The van der Waals surface area contributed by atoms with Gasteiger partial charge in [0.25, 0.3) is 0 Å². The number of imidazole rings is 1. The molecule has 1 aromatic heterocycles. The summed E-state index contributed by atoms with van der Waals surface area (Å²) in [6.45, 7) is 2.06. The van der Waals surface area contributed by atoms with Crippen molar-refractivity contribution in [2.45, 2.75) is 57.2 Å². The number of benzene rings is 2. The van der Waals surface area contributed by atoms with E-state index in [-0.39, 0.29) is 24.2 Å². The summed E-state index contributed by atoms with van der Waals surface area (Å²) in [6, 6.07) is 15.9. The third-order valence-corrected chi connectivity index (χ3v) is 5.64. The molecule has 0 unspecified atom stereocenters. The Bertz CT molecular complexity index is 925. The Morgan fingerprint density at radius 3 is 2.59 bits per heavy atom. The van der Waals surface area contributed by atoms with Gasteiger partial charge in [0.2, 0.25) is 0 Å². The van der Waals surface area contributed by atoms with Crippen LogP contribution in [0.3, 0.4) is 0 Å². The fourth-order valence-corrected chi connectivity index (χ4v) is 3.92. The van der Waals surface area contributed by atoms with E-state index in [0.717, 1.165) is 48.1 Å². The van der Waals surface area contributed by atoms with Crippen molar-refractivity contribution in [1.29, 1.82) is 0 Å². The van der Waals surface area contributed by atoms with Crippen LogP contribution in [-0.2, 0) is 6.42 Å². The summed E-state index contributed by atoms with van der Waals surface area (Å²) in [5.41, 5.74) is 4.20. The monoisotopic (exact) mass is 392 g/mol. The van der Waals surface area contributed by atoms with Crippen molar-refractivity contribution >= 4 is 17.1 Å². The molecule has 0 spiro atoms. The van der Waals surface area contributed by atoms with Gasteiger partial charge in [0, 0.05) is 6.04 Å². The number of urea groups is 1. The summed E-state index contributed by atoms with van der Waals surface area (Å²) in [5.74, 6) is 0.751. The third-order valence-electron chi connectivity index (χ3n) is 5.64. The molecule has 1 aliphatic carbocycles. The molecule has 3 aromatic rings. The lowest BCUT2D eigenvalue weighted by atomic mass is 9.93. The van der Waals surface area contributed by atoms with Crippen molar-refractivity contribution in [1.82, 2.24) is 20.6 Å². The van der Waals surface area contributed by atoms with Crippen LogP contribution in [0.25, 0.3) is 11.0 Å². The van der Waals surface area contributed by atoms with E-state index in [1.54, 1.807) is 0 Å². The number of hydrogen-bond donors (Lipinski definition) is 4. The second kappa shape index (κ2) is 8.66. The number of nitrogens with one attached hydrogen (secondary N) is 3. The summed E-state index contributed by atoms with van der Waals surface area (Å²) in [6.07, 6.45) is 3.50. The lowest BCUT2D eigenvalue weighted by Crippen LogP contribution is -2.45. The Labute approximate surface area is 170 Å². The van der Waals surface area contributed by atoms with E-state index in [0.29, 0.717) is 6.42 Å². The van der Waals surface area contributed by atoms with Crippen LogP contribution in [0, 0.1) is 6.92 Å². The Morgan fingerprint density at radius 1 is 1.14 bits per heavy atom. The van der Waals surface area contributed by atoms with Gasteiger partial charge in [0.1, 0.15) is 5.82 Å². The number of aromatic amines is 1. The highest BCUT2D eigenvalue weighted by molar-refractivity contribution is 5.76. The van der Waals surface area contributed by atoms with Crippen LogP contribution in [0.5, 0.6) is 0 Å². The number of aliphatic hydroxyl groups excluding tert-OH is 1. The molecule has 29 heavy (non-hydrogen) atoms. The summed E-state index contributed by atoms with van der Waals surface area (Å²) < 4.78 is 0. The van der Waals surface area contributed by atoms with Gasteiger partial charge >= 0.3 is 6.03 Å². The number of fused-ring (bicyclic) bond motifs is 1. The molecule has 152 valence electrons. The fraction of sp³-hybridized carbons (Fsp3) is 0.391. The summed E-state index contributed by atoms with van der Waals surface area (Å²) in [7, 11) is 0. The molecule has 0 saturated heterocycles. The van der Waals surface area contributed by atoms with E-state index in [1.165, 1.54) is 5.56 Å². The van der Waals surface area contributed by atoms with Crippen LogP contribution in [0.15, 0.2) is 48.5 Å². The van der Waals surface area contributed by atoms with E-state index < -0.39 is 0 Å². The number of rotatable bonds is 5. The van der Waals surface area contributed by atoms with Crippen molar-refractivity contribution < 1.29 is 9.90 Å². The molecule has 4 N–H and O–H groups in total. The van der Waals surface area contributed by atoms with Gasteiger partial charge in [-0.05, 0) is 56.7 Å². The fourth-order valence-electron chi connectivity index (χ4n) is 3.92. The first-order chi connectivity index (χ1) is 14.1. The molecule has 4 rings (SSSR count). The second-order valence-electron chi connectivity index (χ2n) is 8.00. The van der Waals surface area contributed by atoms with Crippen LogP contribution in [0.1, 0.15) is 48.7 Å². The van der Waals surface area contributed by atoms with Crippen molar-refractivity contribution in [3.05, 3.63) is 65.5 Å². The lowest BCUT2D eigenvalue weighted by Gasteiger charge is -2.27. The minimum Gasteiger partial charge on any atom is -0.393 e. The smallest absolute Gasteiger partial charge is 0.315 e. The normalized spacial score (nSPS) is 20.3. The molecular formula is C23H28N4O2. The van der Waals surface area contributed by atoms with Gasteiger partial charge in [0.15, 0.2) is 0 Å². The van der Waals surface area contributed by atoms with E-state index >= 15 is 0 Å². The zero-order valence-corrected chi connectivity index (χ0v) is 16.7. The average Bonchev–Trinajstić information content (AvgIpc) is 3.15. The molecule has 0 aliphatic heterocycles. The summed E-state index contributed by atoms with van der Waals surface area (Å²) in [5, 5.41) is 15.8. The first-order valence-corrected chi connectivity index (χ1v) is 10.3. The number of aliphatic hydroxyl groups is 1. The number of H-pyrrole nitrogens is 1. The molecule has 6 heteroatoms. The molecule has 1 atom stereocenters. The van der Waals surface area contributed by atoms with E-state index in [1.807, 2.05) is 24.3 Å². The Balaban J connectivity index is 1.50. The Kier molecular flexibility index (Phi) is 5.81. The van der Waals surface area contributed by atoms with Crippen molar-refractivity contribution in [2.24, 2.45) is 0 Å². The highest BCUT2D eigenvalue weighted by Gasteiger charge is 2.23. The van der Waals surface area contributed by atoms with Crippen LogP contribution in [0.2, 0.25) is 0 Å². The topological polar surface area (TPSA) is 90.0 Å². The molecule has 1 saturated carbocycles. The quantitative estimate of drug-likeness (QED) is 0.533. The molecule has 2 aromatic carbocycles. The van der Waals surface area contributed by atoms with Gasteiger partial charge in [-0.3, -0.25) is 0 Å². The van der Waals surface area contributed by atoms with Gasteiger partial charge in [0.05, 0.1) is 23.2 Å². The maximum Gasteiger partial charge on any atom is 0.315 e. The number of para-hydroxylation sites is 2. The van der Waals surface area contributed by atoms with Crippen LogP contribution in [0.4, 0.5) is 4.79 Å². The van der Waals surface area contributed by atoms with Crippen molar-refractivity contribution in [3.63, 3.8) is 0 Å². The first kappa shape index (κ1) is 19.5. The van der Waals surface area contributed by atoms with Crippen molar-refractivity contribution in [3.8, 4) is 0 Å². The predicted molar refractivity (Wildman–Crippen MR) is 114 cm³/mol. The molecule has 1 fully saturated rings. The third kappa shape index (κ3) is 4.95. The molecule has 0 radical (unpaired) electrons. The second-order valence-corrected chi connectivity index (χ2v) is 8.00. The van der Waals surface area contributed by atoms with E-state index in [4.69, 9.17) is 4.98 Å². The molecule has 2 amide bonds. The Hall–Kier alpha value is -2.86. The molecular weight excluding hydrogens is 364 g/mol. The average molecular weight is 393 g/mol. The standard InChI is InChI=1S/C23H28N4O2/c1-15-6-8-16(9-7-15)14-21(22-25-19-4-2-3-5-20(19)26-22)27-23(29)24-17-10-12-18(28)13-11-17/h2-9,17-18,21,28H,10-14H2,1H3,(H,25,26)(H2,24,27,29)/t17?,18?,21-/m1/s1. The first-order valence-electron chi connectivity index (χ1n) is 10.3. The SMILES string of the molecule is Cc1ccc(C[C@@H](NC(=O)NC2CCC(O)CC2)c2nc3ccccc3[nH]2)cc1. The molecule has 0 bridgehead atoms. The largest absolute Gasteiger partial charge is 0.393 e. The highest BCUT2D eigenvalue weighted by atomic mass is 16.3. The number of nitrogens with zero attached hydrogens (tertiary/aromatic N) is 1. The molecule has 6 nitrogen and oxygen atoms in total. The predicted octanol–water partition coefficient (Wildman–Crippen LogP) is 3.76. The minimum atomic E-state index is -0.265. The minimum absolute atomic E-state index is 0.106. The number of amides is 2. The van der Waals surface area contributed by atoms with Crippen LogP contribution in [-0.4, -0.2) is 33.3 Å². The number of carbonyl (C=O) groups is 1. The zero-order valence-electron chi connectivity index (χ0n) is 16.7. The molecule has 1 heterocycles. The lowest BCUT2D eigenvalue weighted by molar-refractivity contribution is 0.117. The van der Waals surface area contributed by atoms with Crippen LogP contribution >= 0.6 is 0 Å². The Morgan fingerprint density at radius 2 is 1.86 bits per heavy atom. The maximum absolute atomic E-state index is 12.7. The van der Waals surface area contributed by atoms with Gasteiger partial charge in [-0.2, -0.15) is 0 Å². The molecule has 1 aliphatic rings. The number of aromatic nitrogens is 2. The number of carbonyl (C=O) groups excluding carboxylic acids is 1. The summed E-state index contributed by atoms with van der Waals surface area (Å²) >= 11 is 0. The van der Waals surface area contributed by atoms with Gasteiger partial charge < -0.3 is 20.7 Å².